The van der Waals surface area contributed by atoms with Gasteiger partial charge in [-0.25, -0.2) is 9.97 Å². The van der Waals surface area contributed by atoms with Crippen molar-refractivity contribution < 1.29 is 0 Å². The van der Waals surface area contributed by atoms with Crippen LogP contribution in [-0.4, -0.2) is 19.1 Å². The molecule has 0 aliphatic heterocycles. The number of imidazole rings is 1. The van der Waals surface area contributed by atoms with E-state index in [9.17, 15) is 4.79 Å². The molecule has 0 radical (unpaired) electrons. The van der Waals surface area contributed by atoms with Gasteiger partial charge < -0.3 is 4.57 Å². The van der Waals surface area contributed by atoms with Crippen molar-refractivity contribution in [1.29, 1.82) is 0 Å². The van der Waals surface area contributed by atoms with Crippen LogP contribution in [0.1, 0.15) is 0 Å². The van der Waals surface area contributed by atoms with E-state index in [2.05, 4.69) is 22.6 Å². The fraction of sp³-hybridized carbons (Fsp3) is 0.286. The number of thiol groups is 1. The van der Waals surface area contributed by atoms with Gasteiger partial charge in [-0.2, -0.15) is 0 Å². The molecule has 0 aliphatic carbocycles. The van der Waals surface area contributed by atoms with Crippen LogP contribution in [0.3, 0.4) is 0 Å². The van der Waals surface area contributed by atoms with Gasteiger partial charge in [-0.3, -0.25) is 9.36 Å². The minimum Gasteiger partial charge on any atom is -0.328 e. The first-order valence-electron chi connectivity index (χ1n) is 3.68. The lowest BCUT2D eigenvalue weighted by molar-refractivity contribution is 0.722. The predicted molar refractivity (Wildman–Crippen MR) is 51.0 cm³/mol. The van der Waals surface area contributed by atoms with Crippen molar-refractivity contribution >= 4 is 23.8 Å². The summed E-state index contributed by atoms with van der Waals surface area (Å²) in [6.45, 7) is 0. The van der Waals surface area contributed by atoms with Gasteiger partial charge in [-0.15, -0.1) is 12.6 Å². The van der Waals surface area contributed by atoms with Crippen LogP contribution >= 0.6 is 12.6 Å². The third kappa shape index (κ3) is 1.06. The van der Waals surface area contributed by atoms with E-state index in [1.54, 1.807) is 25.0 Å². The second-order valence-electron chi connectivity index (χ2n) is 2.80. The Labute approximate surface area is 79.4 Å². The van der Waals surface area contributed by atoms with Crippen molar-refractivity contribution in [2.45, 2.75) is 5.16 Å². The molecule has 0 spiro atoms. The summed E-state index contributed by atoms with van der Waals surface area (Å²) in [5.74, 6) is 0. The van der Waals surface area contributed by atoms with Gasteiger partial charge in [0, 0.05) is 14.1 Å². The highest BCUT2D eigenvalue weighted by Crippen LogP contribution is 2.06. The Bertz CT molecular complexity index is 527. The minimum atomic E-state index is -0.130. The second kappa shape index (κ2) is 2.59. The summed E-state index contributed by atoms with van der Waals surface area (Å²) in [6, 6.07) is 0. The minimum absolute atomic E-state index is 0.130. The van der Waals surface area contributed by atoms with E-state index in [1.807, 2.05) is 0 Å². The van der Waals surface area contributed by atoms with Crippen molar-refractivity contribution in [3.05, 3.63) is 16.7 Å². The molecule has 0 amide bonds. The predicted octanol–water partition coefficient (Wildman–Crippen LogP) is -0.0443. The standard InChI is InChI=1S/C7H8N4OS/c1-10-3-8-5-4(10)6(12)11(2)7(13)9-5/h3H,1-2H3,(H,9,13). The highest BCUT2D eigenvalue weighted by molar-refractivity contribution is 7.80. The molecule has 2 aromatic rings. The molecule has 2 heterocycles. The molecule has 0 bridgehead atoms. The van der Waals surface area contributed by atoms with Crippen LogP contribution in [0.5, 0.6) is 0 Å². The summed E-state index contributed by atoms with van der Waals surface area (Å²) in [5.41, 5.74) is 0.811. The van der Waals surface area contributed by atoms with Crippen LogP contribution in [0.15, 0.2) is 16.3 Å². The molecule has 13 heavy (non-hydrogen) atoms. The van der Waals surface area contributed by atoms with Crippen molar-refractivity contribution in [3.63, 3.8) is 0 Å². The van der Waals surface area contributed by atoms with Gasteiger partial charge in [0.05, 0.1) is 6.33 Å². The van der Waals surface area contributed by atoms with Gasteiger partial charge in [0.1, 0.15) is 0 Å². The average molecular weight is 196 g/mol. The lowest BCUT2D eigenvalue weighted by Gasteiger charge is -2.00. The Kier molecular flexibility index (Phi) is 1.66. The molecule has 0 saturated heterocycles. The largest absolute Gasteiger partial charge is 0.328 e. The summed E-state index contributed by atoms with van der Waals surface area (Å²) in [6.07, 6.45) is 1.56. The van der Waals surface area contributed by atoms with Crippen LogP contribution in [0.25, 0.3) is 11.2 Å². The number of hydrogen-bond acceptors (Lipinski definition) is 4. The zero-order valence-corrected chi connectivity index (χ0v) is 8.12. The van der Waals surface area contributed by atoms with E-state index in [1.165, 1.54) is 4.57 Å². The third-order valence-corrected chi connectivity index (χ3v) is 2.33. The molecule has 0 aromatic carbocycles. The zero-order valence-electron chi connectivity index (χ0n) is 7.22. The molecule has 6 heteroatoms. The molecule has 0 N–H and O–H groups in total. The van der Waals surface area contributed by atoms with Crippen molar-refractivity contribution in [2.24, 2.45) is 14.1 Å². The van der Waals surface area contributed by atoms with Gasteiger partial charge in [0.2, 0.25) is 0 Å². The maximum absolute atomic E-state index is 11.6. The Balaban J connectivity index is 3.06. The van der Waals surface area contributed by atoms with Crippen LogP contribution in [0, 0.1) is 0 Å². The first-order valence-corrected chi connectivity index (χ1v) is 4.13. The molecule has 0 unspecified atom stereocenters. The van der Waals surface area contributed by atoms with Gasteiger partial charge in [0.25, 0.3) is 5.56 Å². The van der Waals surface area contributed by atoms with Crippen LogP contribution in [-0.2, 0) is 14.1 Å². The van der Waals surface area contributed by atoms with E-state index in [-0.39, 0.29) is 5.56 Å². The maximum atomic E-state index is 11.6. The Morgan fingerprint density at radius 1 is 1.46 bits per heavy atom. The van der Waals surface area contributed by atoms with E-state index in [4.69, 9.17) is 0 Å². The Morgan fingerprint density at radius 2 is 2.15 bits per heavy atom. The van der Waals surface area contributed by atoms with Gasteiger partial charge in [-0.1, -0.05) is 0 Å². The van der Waals surface area contributed by atoms with Gasteiger partial charge in [-0.05, 0) is 0 Å². The smallest absolute Gasteiger partial charge is 0.280 e. The number of hydrogen-bond donors (Lipinski definition) is 1. The molecule has 68 valence electrons. The van der Waals surface area contributed by atoms with Crippen LogP contribution in [0.4, 0.5) is 0 Å². The fourth-order valence-electron chi connectivity index (χ4n) is 1.17. The van der Waals surface area contributed by atoms with E-state index in [0.29, 0.717) is 16.3 Å². The second-order valence-corrected chi connectivity index (χ2v) is 3.20. The monoisotopic (exact) mass is 196 g/mol. The van der Waals surface area contributed by atoms with Gasteiger partial charge >= 0.3 is 0 Å². The highest BCUT2D eigenvalue weighted by Gasteiger charge is 2.09. The Morgan fingerprint density at radius 3 is 2.85 bits per heavy atom. The zero-order chi connectivity index (χ0) is 9.59. The van der Waals surface area contributed by atoms with Crippen molar-refractivity contribution in [3.8, 4) is 0 Å². The van der Waals surface area contributed by atoms with E-state index < -0.39 is 0 Å². The first kappa shape index (κ1) is 8.31. The number of rotatable bonds is 0. The molecule has 0 aliphatic rings. The highest BCUT2D eigenvalue weighted by atomic mass is 32.1. The van der Waals surface area contributed by atoms with Crippen LogP contribution < -0.4 is 5.56 Å². The quantitative estimate of drug-likeness (QED) is 0.475. The number of fused-ring (bicyclic) bond motifs is 1. The molecular weight excluding hydrogens is 188 g/mol. The van der Waals surface area contributed by atoms with E-state index in [0.717, 1.165) is 0 Å². The molecule has 0 fully saturated rings. The third-order valence-electron chi connectivity index (χ3n) is 1.93. The summed E-state index contributed by atoms with van der Waals surface area (Å²) in [4.78, 5) is 19.7. The lowest BCUT2D eigenvalue weighted by atomic mass is 10.5. The maximum Gasteiger partial charge on any atom is 0.280 e. The number of aromatic nitrogens is 4. The summed E-state index contributed by atoms with van der Waals surface area (Å²) in [5, 5.41) is 0.371. The Hall–Kier alpha value is -1.30. The normalized spacial score (nSPS) is 11.0. The van der Waals surface area contributed by atoms with Crippen molar-refractivity contribution in [1.82, 2.24) is 19.1 Å². The summed E-state index contributed by atoms with van der Waals surface area (Å²) in [7, 11) is 3.39. The lowest BCUT2D eigenvalue weighted by Crippen LogP contribution is -2.20. The van der Waals surface area contributed by atoms with Crippen molar-refractivity contribution in [2.75, 3.05) is 0 Å². The first-order chi connectivity index (χ1) is 6.11. The van der Waals surface area contributed by atoms with Crippen LogP contribution in [0.2, 0.25) is 0 Å². The molecule has 0 atom stereocenters. The molecule has 5 nitrogen and oxygen atoms in total. The average Bonchev–Trinajstić information content (AvgIpc) is 2.43. The molecular formula is C7H8N4OS. The number of nitrogens with zero attached hydrogens (tertiary/aromatic N) is 4. The molecule has 0 saturated carbocycles. The van der Waals surface area contributed by atoms with E-state index >= 15 is 0 Å². The molecule has 2 rings (SSSR count). The summed E-state index contributed by atoms with van der Waals surface area (Å²) >= 11 is 4.06. The molecule has 2 aromatic heterocycles. The number of aryl methyl sites for hydroxylation is 1. The topological polar surface area (TPSA) is 52.7 Å². The van der Waals surface area contributed by atoms with Gasteiger partial charge in [0.15, 0.2) is 16.3 Å². The fourth-order valence-corrected chi connectivity index (χ4v) is 1.35. The summed E-state index contributed by atoms with van der Waals surface area (Å²) < 4.78 is 3.03. The SMILES string of the molecule is Cn1c(S)nc2ncn(C)c2c1=O.